The summed E-state index contributed by atoms with van der Waals surface area (Å²) in [6.45, 7) is 14.0. The van der Waals surface area contributed by atoms with Crippen molar-refractivity contribution in [1.82, 2.24) is 55.1 Å². The standard InChI is InChI=1S/C66H101ClF3N11O11/c1-15-39(5)53-61(89)76(11)42(8)58(86)81-33-29-49(81)60(88)78(13)55(44-22-17-18-23-44)62(90)74(9)37-51(82)71-47(28-26-43-25-27-45(46(67)36-43)66(68,69)70)59(87)80-32-21-24-48(80)57(85)73-65(30-19-20-31-65)64(92)79(14)54(40(6)16-2)63(91)75(10)41(7)35-52(83)77(12)50(34-38(3)4)56(84)72-53/h25,27,36,38-42,44,47-50,53-55H,15-24,26,28-35,37H2,1-14H3,(H,71,82)(H,72,84)(H,73,85)/t39-,40-,41+,42-,47-,48-,49-,50-,53-,54-,55-/m0/s1. The van der Waals surface area contributed by atoms with Crippen molar-refractivity contribution < 1.29 is 65.9 Å². The molecule has 3 N–H and O–H groups in total. The first-order valence-electron chi connectivity index (χ1n) is 33.1. The smallest absolute Gasteiger partial charge is 0.343 e. The molecule has 0 radical (unpaired) electrons. The van der Waals surface area contributed by atoms with Crippen molar-refractivity contribution in [1.29, 1.82) is 0 Å². The SMILES string of the molecule is CC[C@H](C)[C@@H]1NC(=O)[C@H](CC(C)C)N(C)C(=O)C[C@@H](C)N(C)C(=O)[C@H]([C@@H](C)CC)N(C)C(=O)C2(CCCC2)NC(=O)[C@@H]2CCCN2C(=O)[C@H](CCc2ccc(C(F)(F)F)c(Cl)c2)NC(=O)CN(C)C(=O)[C@H](C2CCCC2)N(C)C(=O)[C@@H]2CCN2C(=O)[C@H](C)N(C)C1=O. The number of alkyl halides is 3. The summed E-state index contributed by atoms with van der Waals surface area (Å²) >= 11 is 6.13. The number of fused-ring (bicyclic) bond motifs is 2. The number of amides is 11. The molecule has 1 aromatic rings. The van der Waals surface area contributed by atoms with Gasteiger partial charge in [-0.2, -0.15) is 13.2 Å². The molecular formula is C66H101ClF3N11O11. The number of nitrogens with one attached hydrogen (secondary N) is 3. The molecule has 5 fully saturated rings. The Morgan fingerprint density at radius 1 is 0.641 bits per heavy atom. The second-order valence-corrected chi connectivity index (χ2v) is 27.7. The van der Waals surface area contributed by atoms with E-state index in [4.69, 9.17) is 11.6 Å². The van der Waals surface area contributed by atoms with Gasteiger partial charge in [0.15, 0.2) is 0 Å². The zero-order valence-electron chi connectivity index (χ0n) is 56.5. The summed E-state index contributed by atoms with van der Waals surface area (Å²) in [6.07, 6.45) is 0.934. The fraction of sp³-hybridized carbons (Fsp3) is 0.742. The molecule has 92 heavy (non-hydrogen) atoms. The van der Waals surface area contributed by atoms with Crippen LogP contribution in [0.3, 0.4) is 0 Å². The Balaban J connectivity index is 1.39. The van der Waals surface area contributed by atoms with Gasteiger partial charge in [-0.05, 0) is 119 Å². The van der Waals surface area contributed by atoms with Gasteiger partial charge in [-0.25, -0.2) is 0 Å². The van der Waals surface area contributed by atoms with Crippen molar-refractivity contribution in [3.8, 4) is 0 Å². The van der Waals surface area contributed by atoms with Crippen LogP contribution in [0.25, 0.3) is 0 Å². The molecule has 0 aromatic heterocycles. The maximum absolute atomic E-state index is 15.2. The maximum atomic E-state index is 15.2. The fourth-order valence-corrected chi connectivity index (χ4v) is 14.3. The average Bonchev–Trinajstić information content (AvgIpc) is 1.19. The van der Waals surface area contributed by atoms with Gasteiger partial charge in [-0.1, -0.05) is 97.7 Å². The van der Waals surface area contributed by atoms with Crippen LogP contribution >= 0.6 is 11.6 Å². The molecule has 3 saturated heterocycles. The number of hydrogen-bond acceptors (Lipinski definition) is 11. The highest BCUT2D eigenvalue weighted by Crippen LogP contribution is 2.38. The Morgan fingerprint density at radius 2 is 1.26 bits per heavy atom. The normalized spacial score (nSPS) is 28.4. The van der Waals surface area contributed by atoms with Crippen LogP contribution in [0.1, 0.15) is 169 Å². The monoisotopic (exact) mass is 1320 g/mol. The molecule has 514 valence electrons. The van der Waals surface area contributed by atoms with Gasteiger partial charge >= 0.3 is 6.18 Å². The summed E-state index contributed by atoms with van der Waals surface area (Å²) in [5.41, 5.74) is -2.24. The second-order valence-electron chi connectivity index (χ2n) is 27.3. The minimum atomic E-state index is -4.74. The third-order valence-corrected chi connectivity index (χ3v) is 20.9. The molecular weight excluding hydrogens is 1220 g/mol. The van der Waals surface area contributed by atoms with E-state index in [-0.39, 0.29) is 76.3 Å². The van der Waals surface area contributed by atoms with Crippen molar-refractivity contribution in [2.24, 2.45) is 23.7 Å². The molecule has 11 amide bonds. The Bertz CT molecular complexity index is 2890. The van der Waals surface area contributed by atoms with E-state index < -0.39 is 160 Å². The molecule has 0 bridgehead atoms. The van der Waals surface area contributed by atoms with Gasteiger partial charge in [0.1, 0.15) is 53.9 Å². The summed E-state index contributed by atoms with van der Waals surface area (Å²) in [6, 6.07) is -6.58. The van der Waals surface area contributed by atoms with E-state index in [9.17, 15) is 56.3 Å². The van der Waals surface area contributed by atoms with Crippen molar-refractivity contribution in [3.05, 3.63) is 34.3 Å². The lowest BCUT2D eigenvalue weighted by Gasteiger charge is -2.45. The Kier molecular flexibility index (Phi) is 25.6. The quantitative estimate of drug-likeness (QED) is 0.258. The molecule has 5 aliphatic rings. The predicted molar refractivity (Wildman–Crippen MR) is 340 cm³/mol. The number of aryl methyl sites for hydroxylation is 1. The van der Waals surface area contributed by atoms with E-state index in [0.717, 1.165) is 29.9 Å². The van der Waals surface area contributed by atoms with Gasteiger partial charge < -0.3 is 55.1 Å². The highest BCUT2D eigenvalue weighted by molar-refractivity contribution is 6.31. The van der Waals surface area contributed by atoms with Crippen LogP contribution in [-0.4, -0.2) is 226 Å². The number of nitrogens with zero attached hydrogens (tertiary/aromatic N) is 8. The topological polar surface area (TPSA) is 250 Å². The number of carbonyl (C=O) groups is 11. The molecule has 2 saturated carbocycles. The van der Waals surface area contributed by atoms with E-state index in [1.165, 1.54) is 82.5 Å². The zero-order valence-corrected chi connectivity index (χ0v) is 57.2. The minimum absolute atomic E-state index is 0.0619. The maximum Gasteiger partial charge on any atom is 0.417 e. The largest absolute Gasteiger partial charge is 0.417 e. The van der Waals surface area contributed by atoms with Crippen molar-refractivity contribution >= 4 is 76.6 Å². The van der Waals surface area contributed by atoms with Crippen LogP contribution in [0.15, 0.2) is 18.2 Å². The minimum Gasteiger partial charge on any atom is -0.343 e. The molecule has 0 unspecified atom stereocenters. The molecule has 26 heteroatoms. The molecule has 1 aromatic carbocycles. The van der Waals surface area contributed by atoms with E-state index in [2.05, 4.69) is 16.0 Å². The van der Waals surface area contributed by atoms with Gasteiger partial charge in [0.2, 0.25) is 65.0 Å². The van der Waals surface area contributed by atoms with Crippen LogP contribution in [0.5, 0.6) is 0 Å². The first kappa shape index (κ1) is 74.5. The van der Waals surface area contributed by atoms with E-state index in [0.29, 0.717) is 50.5 Å². The van der Waals surface area contributed by atoms with Gasteiger partial charge in [0.05, 0.1) is 17.1 Å². The Hall–Kier alpha value is -6.53. The lowest BCUT2D eigenvalue weighted by molar-refractivity contribution is -0.161. The van der Waals surface area contributed by atoms with Crippen molar-refractivity contribution in [2.45, 2.75) is 231 Å². The summed E-state index contributed by atoms with van der Waals surface area (Å²) < 4.78 is 41.4. The molecule has 2 aliphatic carbocycles. The first-order valence-corrected chi connectivity index (χ1v) is 33.5. The van der Waals surface area contributed by atoms with Gasteiger partial charge in [0.25, 0.3) is 0 Å². The number of halogens is 4. The predicted octanol–water partition coefficient (Wildman–Crippen LogP) is 5.65. The number of likely N-dealkylation sites (N-methyl/N-ethyl adjacent to an activating group) is 6. The van der Waals surface area contributed by atoms with E-state index in [1.54, 1.807) is 20.9 Å². The second kappa shape index (κ2) is 31.6. The van der Waals surface area contributed by atoms with Crippen LogP contribution < -0.4 is 16.0 Å². The third kappa shape index (κ3) is 16.9. The molecule has 11 atom stereocenters. The van der Waals surface area contributed by atoms with E-state index in [1.807, 2.05) is 34.6 Å². The lowest BCUT2D eigenvalue weighted by Crippen LogP contribution is -2.65. The zero-order chi connectivity index (χ0) is 68.6. The molecule has 22 nitrogen and oxygen atoms in total. The molecule has 3 aliphatic heterocycles. The first-order chi connectivity index (χ1) is 43.1. The van der Waals surface area contributed by atoms with Crippen LogP contribution in [0, 0.1) is 23.7 Å². The molecule has 1 spiro atoms. The fourth-order valence-electron chi connectivity index (χ4n) is 13.9. The Morgan fingerprint density at radius 3 is 1.83 bits per heavy atom. The number of rotatable bonds is 10. The summed E-state index contributed by atoms with van der Waals surface area (Å²) in [5, 5.41) is 8.18. The highest BCUT2D eigenvalue weighted by Gasteiger charge is 2.51. The Labute approximate surface area is 546 Å². The van der Waals surface area contributed by atoms with Gasteiger partial charge in [0, 0.05) is 67.8 Å². The van der Waals surface area contributed by atoms with Crippen LogP contribution in [0.4, 0.5) is 13.2 Å². The number of benzene rings is 1. The highest BCUT2D eigenvalue weighted by atomic mass is 35.5. The van der Waals surface area contributed by atoms with Gasteiger partial charge in [-0.15, -0.1) is 0 Å². The summed E-state index contributed by atoms with van der Waals surface area (Å²) in [5.74, 6) is -7.69. The number of carbonyl (C=O) groups excluding carboxylic acids is 11. The summed E-state index contributed by atoms with van der Waals surface area (Å²) in [7, 11) is 8.89. The molecule has 3 heterocycles. The van der Waals surface area contributed by atoms with E-state index >= 15 is 9.59 Å². The van der Waals surface area contributed by atoms with Crippen molar-refractivity contribution in [2.75, 3.05) is 61.9 Å². The summed E-state index contributed by atoms with van der Waals surface area (Å²) in [4.78, 5) is 173. The van der Waals surface area contributed by atoms with Gasteiger partial charge in [-0.3, -0.25) is 52.7 Å². The third-order valence-electron chi connectivity index (χ3n) is 20.5. The molecule has 6 rings (SSSR count). The number of hydrogen-bond donors (Lipinski definition) is 3. The lowest BCUT2D eigenvalue weighted by atomic mass is 9.90. The van der Waals surface area contributed by atoms with Crippen LogP contribution in [-0.2, 0) is 65.3 Å². The van der Waals surface area contributed by atoms with Crippen LogP contribution in [0.2, 0.25) is 5.02 Å². The van der Waals surface area contributed by atoms with Crippen molar-refractivity contribution in [3.63, 3.8) is 0 Å². The average molecular weight is 1320 g/mol.